The molecule has 230 valence electrons. The van der Waals surface area contributed by atoms with E-state index in [2.05, 4.69) is 21.1 Å². The minimum absolute atomic E-state index is 0.0398. The molecule has 0 saturated carbocycles. The molecule has 4 atom stereocenters. The number of nitrogens with zero attached hydrogens (tertiary/aromatic N) is 4. The molecular formula is C31H42N7O4S+. The highest BCUT2D eigenvalue weighted by molar-refractivity contribution is 7.14. The van der Waals surface area contributed by atoms with E-state index < -0.39 is 11.8 Å². The van der Waals surface area contributed by atoms with Crippen LogP contribution in [0.2, 0.25) is 0 Å². The second-order valence-electron chi connectivity index (χ2n) is 12.1. The number of amides is 2. The fourth-order valence-electron chi connectivity index (χ4n) is 6.32. The van der Waals surface area contributed by atoms with Crippen LogP contribution in [0.25, 0.3) is 0 Å². The second-order valence-corrected chi connectivity index (χ2v) is 13.3. The zero-order valence-corrected chi connectivity index (χ0v) is 26.3. The maximum absolute atomic E-state index is 13.2. The van der Waals surface area contributed by atoms with E-state index in [4.69, 9.17) is 0 Å². The molecule has 2 aliphatic heterocycles. The van der Waals surface area contributed by atoms with Crippen LogP contribution < -0.4 is 16.1 Å². The Balaban J connectivity index is 1.28. The number of para-hydroxylation sites is 1. The summed E-state index contributed by atoms with van der Waals surface area (Å²) in [5.41, 5.74) is 5.34. The second kappa shape index (κ2) is 12.4. The van der Waals surface area contributed by atoms with E-state index in [1.54, 1.807) is 7.05 Å². The first kappa shape index (κ1) is 31.2. The van der Waals surface area contributed by atoms with Crippen LogP contribution in [0, 0.1) is 0 Å². The molecule has 2 amide bonds. The smallest absolute Gasteiger partial charge is 0.385 e. The van der Waals surface area contributed by atoms with Gasteiger partial charge in [-0.25, -0.2) is 15.2 Å². The maximum atomic E-state index is 13.2. The van der Waals surface area contributed by atoms with Crippen molar-refractivity contribution in [2.24, 2.45) is 4.99 Å². The van der Waals surface area contributed by atoms with Crippen LogP contribution >= 0.6 is 11.3 Å². The SMILES string of the molecule is CN(C)C(C=O)(c1ccccc1N[N@@+]1(C)C=C(C2CCC(NC(=O)c3cc4c(s3)CCC[C@H]4O)CN2)N=CC1=O)N(C)C. The normalized spacial score (nSPS) is 25.8. The number of hydrogen-bond acceptors (Lipinski definition) is 10. The van der Waals surface area contributed by atoms with Gasteiger partial charge in [-0.3, -0.25) is 19.4 Å². The number of anilines is 1. The molecule has 11 nitrogen and oxygen atoms in total. The Labute approximate surface area is 256 Å². The third-order valence-electron chi connectivity index (χ3n) is 8.79. The number of nitrogens with one attached hydrogen (secondary N) is 3. The Bertz CT molecular complexity index is 1440. The van der Waals surface area contributed by atoms with Gasteiger partial charge in [0.15, 0.2) is 18.1 Å². The Kier molecular flexibility index (Phi) is 8.98. The molecular weight excluding hydrogens is 566 g/mol. The zero-order chi connectivity index (χ0) is 30.9. The van der Waals surface area contributed by atoms with E-state index in [-0.39, 0.29) is 28.5 Å². The lowest BCUT2D eigenvalue weighted by molar-refractivity contribution is -0.754. The van der Waals surface area contributed by atoms with Crippen molar-refractivity contribution < 1.29 is 24.1 Å². The third-order valence-corrected chi connectivity index (χ3v) is 10.00. The van der Waals surface area contributed by atoms with Crippen LogP contribution in [-0.2, 0) is 21.7 Å². The molecule has 2 aromatic rings. The lowest BCUT2D eigenvalue weighted by Gasteiger charge is -2.42. The molecule has 43 heavy (non-hydrogen) atoms. The van der Waals surface area contributed by atoms with Crippen molar-refractivity contribution in [1.29, 1.82) is 0 Å². The summed E-state index contributed by atoms with van der Waals surface area (Å²) in [5, 5.41) is 16.9. The number of aliphatic imine (C=N–C) groups is 1. The van der Waals surface area contributed by atoms with Gasteiger partial charge in [-0.1, -0.05) is 18.2 Å². The highest BCUT2D eigenvalue weighted by Crippen LogP contribution is 2.36. The number of rotatable bonds is 9. The molecule has 12 heteroatoms. The van der Waals surface area contributed by atoms with Crippen LogP contribution in [0.3, 0.4) is 0 Å². The number of quaternary nitrogens is 1. The van der Waals surface area contributed by atoms with E-state index in [0.29, 0.717) is 17.1 Å². The van der Waals surface area contributed by atoms with Crippen molar-refractivity contribution in [3.05, 3.63) is 63.1 Å². The molecule has 5 rings (SSSR count). The van der Waals surface area contributed by atoms with Gasteiger partial charge in [0.25, 0.3) is 5.91 Å². The molecule has 1 fully saturated rings. The van der Waals surface area contributed by atoms with Crippen LogP contribution in [0.5, 0.6) is 0 Å². The summed E-state index contributed by atoms with van der Waals surface area (Å²) in [4.78, 5) is 48.6. The van der Waals surface area contributed by atoms with Gasteiger partial charge >= 0.3 is 5.91 Å². The molecule has 0 spiro atoms. The zero-order valence-electron chi connectivity index (χ0n) is 25.5. The van der Waals surface area contributed by atoms with E-state index in [1.165, 1.54) is 17.6 Å². The monoisotopic (exact) mass is 608 g/mol. The number of carbonyl (C=O) groups is 3. The van der Waals surface area contributed by atoms with Crippen molar-refractivity contribution >= 4 is 41.3 Å². The van der Waals surface area contributed by atoms with Crippen LogP contribution in [0.1, 0.15) is 57.5 Å². The van der Waals surface area contributed by atoms with Gasteiger partial charge in [0.1, 0.15) is 19.0 Å². The minimum atomic E-state index is -1.05. The molecule has 0 bridgehead atoms. The molecule has 1 aromatic carbocycles. The van der Waals surface area contributed by atoms with Crippen LogP contribution in [0.4, 0.5) is 5.69 Å². The first-order valence-electron chi connectivity index (χ1n) is 14.7. The number of thiophene rings is 1. The average molecular weight is 609 g/mol. The summed E-state index contributed by atoms with van der Waals surface area (Å²) in [5.74, 6) is -0.346. The number of aliphatic hydroxyl groups is 1. The fraction of sp³-hybridized carbons (Fsp3) is 0.484. The number of benzene rings is 1. The van der Waals surface area contributed by atoms with Gasteiger partial charge in [-0.15, -0.1) is 15.9 Å². The standard InChI is InChI=1S/C31H41N7O4S/c1-36(2)31(19-39,37(3)4)22-9-6-7-10-23(22)35-38(5)18-25(33-17-29(38)41)24-14-13-20(16-32-24)34-30(42)28-15-21-26(40)11-8-12-27(21)43-28/h6-7,9-10,15,17-20,24,26,32,35,40H,8,11-14,16H2,1-5H3/p+1/t20?,24?,26-,38+/m1/s1. The van der Waals surface area contributed by atoms with E-state index >= 15 is 0 Å². The van der Waals surface area contributed by atoms with Gasteiger partial charge in [-0.05, 0) is 78.0 Å². The van der Waals surface area contributed by atoms with Crippen molar-refractivity contribution in [2.45, 2.75) is 56.0 Å². The number of hydrogen-bond donors (Lipinski definition) is 4. The quantitative estimate of drug-likeness (QED) is 0.194. The summed E-state index contributed by atoms with van der Waals surface area (Å²) < 4.78 is -0.251. The number of carbonyl (C=O) groups excluding carboxylic acids is 3. The van der Waals surface area contributed by atoms with Gasteiger partial charge in [-0.2, -0.15) is 0 Å². The lowest BCUT2D eigenvalue weighted by Crippen LogP contribution is -2.56. The Morgan fingerprint density at radius 3 is 2.58 bits per heavy atom. The minimum Gasteiger partial charge on any atom is -0.388 e. The molecule has 2 unspecified atom stereocenters. The number of aliphatic hydroxyl groups excluding tert-OH is 1. The highest BCUT2D eigenvalue weighted by atomic mass is 32.1. The summed E-state index contributed by atoms with van der Waals surface area (Å²) in [7, 11) is 9.16. The molecule has 1 saturated heterocycles. The maximum Gasteiger partial charge on any atom is 0.385 e. The summed E-state index contributed by atoms with van der Waals surface area (Å²) in [6.45, 7) is 0.568. The first-order valence-corrected chi connectivity index (χ1v) is 15.5. The fourth-order valence-corrected chi connectivity index (χ4v) is 7.48. The van der Waals surface area contributed by atoms with Crippen molar-refractivity contribution in [2.75, 3.05) is 47.2 Å². The van der Waals surface area contributed by atoms with Crippen LogP contribution in [-0.4, -0.2) is 97.7 Å². The van der Waals surface area contributed by atoms with Gasteiger partial charge in [0.2, 0.25) is 0 Å². The third kappa shape index (κ3) is 5.95. The Hall–Kier alpha value is -3.26. The van der Waals surface area contributed by atoms with Crippen molar-refractivity contribution in [1.82, 2.24) is 20.4 Å². The Morgan fingerprint density at radius 2 is 1.93 bits per heavy atom. The average Bonchev–Trinajstić information content (AvgIpc) is 3.42. The largest absolute Gasteiger partial charge is 0.388 e. The number of fused-ring (bicyclic) bond motifs is 1. The number of aldehydes is 1. The number of piperidine rings is 1. The van der Waals surface area contributed by atoms with Gasteiger partial charge in [0.05, 0.1) is 22.7 Å². The number of aryl methyl sites for hydroxylation is 1. The summed E-state index contributed by atoms with van der Waals surface area (Å²) >= 11 is 1.48. The van der Waals surface area contributed by atoms with Crippen molar-refractivity contribution in [3.8, 4) is 0 Å². The van der Waals surface area contributed by atoms with Crippen molar-refractivity contribution in [3.63, 3.8) is 0 Å². The molecule has 3 aliphatic rings. The van der Waals surface area contributed by atoms with E-state index in [9.17, 15) is 19.5 Å². The van der Waals surface area contributed by atoms with Crippen LogP contribution in [0.15, 0.2) is 47.2 Å². The molecule has 1 aromatic heterocycles. The van der Waals surface area contributed by atoms with Gasteiger partial charge < -0.3 is 15.7 Å². The molecule has 1 aliphatic carbocycles. The topological polar surface area (TPSA) is 126 Å². The Morgan fingerprint density at radius 1 is 1.19 bits per heavy atom. The molecule has 0 radical (unpaired) electrons. The highest BCUT2D eigenvalue weighted by Gasteiger charge is 2.42. The lowest BCUT2D eigenvalue weighted by atomic mass is 9.96. The van der Waals surface area contributed by atoms with Gasteiger partial charge in [0, 0.05) is 23.0 Å². The summed E-state index contributed by atoms with van der Waals surface area (Å²) in [6, 6.07) is 9.22. The summed E-state index contributed by atoms with van der Waals surface area (Å²) in [6.07, 6.45) is 7.67. The first-order chi connectivity index (χ1) is 20.5. The predicted octanol–water partition coefficient (Wildman–Crippen LogP) is 2.37. The van der Waals surface area contributed by atoms with E-state index in [0.717, 1.165) is 60.1 Å². The molecule has 4 N–H and O–H groups in total. The van der Waals surface area contributed by atoms with E-state index in [1.807, 2.05) is 74.5 Å². The predicted molar refractivity (Wildman–Crippen MR) is 167 cm³/mol. The number of likely N-dealkylation sites (N-methyl/N-ethyl adjacent to an activating group) is 2. The molecule has 3 heterocycles.